The lowest BCUT2D eigenvalue weighted by Gasteiger charge is -2.24. The van der Waals surface area contributed by atoms with Crippen molar-refractivity contribution in [1.29, 1.82) is 0 Å². The predicted molar refractivity (Wildman–Crippen MR) is 77.2 cm³/mol. The van der Waals surface area contributed by atoms with E-state index in [9.17, 15) is 4.79 Å². The molecule has 0 aliphatic carbocycles. The van der Waals surface area contributed by atoms with Gasteiger partial charge in [-0.05, 0) is 11.6 Å². The number of benzene rings is 1. The highest BCUT2D eigenvalue weighted by Gasteiger charge is 2.22. The van der Waals surface area contributed by atoms with Gasteiger partial charge >= 0.3 is 0 Å². The zero-order valence-electron chi connectivity index (χ0n) is 11.5. The van der Waals surface area contributed by atoms with Crippen LogP contribution < -0.4 is 11.1 Å². The van der Waals surface area contributed by atoms with Gasteiger partial charge in [0.15, 0.2) is 0 Å². The van der Waals surface area contributed by atoms with Crippen LogP contribution in [0.2, 0.25) is 0 Å². The maximum atomic E-state index is 11.9. The van der Waals surface area contributed by atoms with E-state index in [1.807, 2.05) is 18.2 Å². The van der Waals surface area contributed by atoms with Crippen LogP contribution >= 0.6 is 0 Å². The first-order valence-electron chi connectivity index (χ1n) is 6.31. The van der Waals surface area contributed by atoms with Gasteiger partial charge < -0.3 is 11.1 Å². The largest absolute Gasteiger partial charge is 0.355 e. The van der Waals surface area contributed by atoms with Crippen molar-refractivity contribution in [3.63, 3.8) is 0 Å². The molecule has 1 aromatic heterocycles. The van der Waals surface area contributed by atoms with E-state index in [2.05, 4.69) is 24.1 Å². The summed E-state index contributed by atoms with van der Waals surface area (Å²) in [6, 6.07) is 7.63. The van der Waals surface area contributed by atoms with Gasteiger partial charge in [0.05, 0.1) is 11.1 Å². The summed E-state index contributed by atoms with van der Waals surface area (Å²) in [5.74, 6) is -0.102. The van der Waals surface area contributed by atoms with Crippen molar-refractivity contribution >= 4 is 16.8 Å². The normalized spacial score (nSPS) is 11.6. The summed E-state index contributed by atoms with van der Waals surface area (Å²) >= 11 is 0. The molecule has 3 N–H and O–H groups in total. The SMILES string of the molecule is CNC(=O)c1ccnc2c(C(C)(C)CN)cccc12. The van der Waals surface area contributed by atoms with Crippen LogP contribution in [-0.2, 0) is 5.41 Å². The van der Waals surface area contributed by atoms with E-state index < -0.39 is 0 Å². The van der Waals surface area contributed by atoms with Crippen LogP contribution in [0.4, 0.5) is 0 Å². The van der Waals surface area contributed by atoms with Crippen LogP contribution in [-0.4, -0.2) is 24.5 Å². The first-order valence-corrected chi connectivity index (χ1v) is 6.31. The number of para-hydroxylation sites is 1. The third-order valence-electron chi connectivity index (χ3n) is 3.48. The number of rotatable bonds is 3. The molecule has 100 valence electrons. The number of amides is 1. The molecule has 2 aromatic rings. The van der Waals surface area contributed by atoms with E-state index in [1.54, 1.807) is 19.3 Å². The number of carbonyl (C=O) groups is 1. The third-order valence-corrected chi connectivity index (χ3v) is 3.48. The minimum absolute atomic E-state index is 0.102. The highest BCUT2D eigenvalue weighted by atomic mass is 16.1. The van der Waals surface area contributed by atoms with Crippen LogP contribution in [0, 0.1) is 0 Å². The van der Waals surface area contributed by atoms with Gasteiger partial charge in [-0.3, -0.25) is 9.78 Å². The van der Waals surface area contributed by atoms with Gasteiger partial charge in [-0.1, -0.05) is 32.0 Å². The Balaban J connectivity index is 2.75. The lowest BCUT2D eigenvalue weighted by atomic mass is 9.83. The summed E-state index contributed by atoms with van der Waals surface area (Å²) < 4.78 is 0. The summed E-state index contributed by atoms with van der Waals surface area (Å²) in [6.07, 6.45) is 1.67. The molecular weight excluding hydrogens is 238 g/mol. The predicted octanol–water partition coefficient (Wildman–Crippen LogP) is 1.83. The van der Waals surface area contributed by atoms with Gasteiger partial charge in [0.2, 0.25) is 0 Å². The molecule has 0 atom stereocenters. The fourth-order valence-corrected chi connectivity index (χ4v) is 2.16. The molecule has 0 unspecified atom stereocenters. The van der Waals surface area contributed by atoms with E-state index >= 15 is 0 Å². The monoisotopic (exact) mass is 257 g/mol. The number of nitrogens with zero attached hydrogens (tertiary/aromatic N) is 1. The Bertz CT molecular complexity index is 620. The summed E-state index contributed by atoms with van der Waals surface area (Å²) in [5, 5.41) is 3.52. The van der Waals surface area contributed by atoms with Crippen molar-refractivity contribution < 1.29 is 4.79 Å². The molecule has 1 heterocycles. The smallest absolute Gasteiger partial charge is 0.251 e. The maximum Gasteiger partial charge on any atom is 0.251 e. The number of fused-ring (bicyclic) bond motifs is 1. The highest BCUT2D eigenvalue weighted by Crippen LogP contribution is 2.29. The molecule has 2 rings (SSSR count). The number of aromatic nitrogens is 1. The molecule has 4 heteroatoms. The van der Waals surface area contributed by atoms with Gasteiger partial charge in [0.25, 0.3) is 5.91 Å². The second-order valence-corrected chi connectivity index (χ2v) is 5.23. The molecule has 0 saturated carbocycles. The minimum atomic E-state index is -0.173. The molecule has 0 aliphatic heterocycles. The number of pyridine rings is 1. The van der Waals surface area contributed by atoms with Gasteiger partial charge in [-0.25, -0.2) is 0 Å². The van der Waals surface area contributed by atoms with Gasteiger partial charge in [-0.2, -0.15) is 0 Å². The van der Waals surface area contributed by atoms with Crippen LogP contribution in [0.15, 0.2) is 30.5 Å². The molecule has 19 heavy (non-hydrogen) atoms. The Kier molecular flexibility index (Phi) is 3.53. The molecule has 0 saturated heterocycles. The lowest BCUT2D eigenvalue weighted by Crippen LogP contribution is -2.28. The fraction of sp³-hybridized carbons (Fsp3) is 0.333. The topological polar surface area (TPSA) is 68.0 Å². The van der Waals surface area contributed by atoms with E-state index in [4.69, 9.17) is 5.73 Å². The second kappa shape index (κ2) is 4.97. The molecule has 4 nitrogen and oxygen atoms in total. The van der Waals surface area contributed by atoms with Crippen molar-refractivity contribution in [1.82, 2.24) is 10.3 Å². The first kappa shape index (κ1) is 13.5. The van der Waals surface area contributed by atoms with Crippen molar-refractivity contribution in [2.45, 2.75) is 19.3 Å². The molecule has 1 aromatic carbocycles. The zero-order valence-corrected chi connectivity index (χ0v) is 11.5. The lowest BCUT2D eigenvalue weighted by molar-refractivity contribution is 0.0964. The highest BCUT2D eigenvalue weighted by molar-refractivity contribution is 6.06. The summed E-state index contributed by atoms with van der Waals surface area (Å²) in [6.45, 7) is 4.68. The molecule has 0 radical (unpaired) electrons. The van der Waals surface area contributed by atoms with E-state index in [0.717, 1.165) is 16.5 Å². The van der Waals surface area contributed by atoms with E-state index in [1.165, 1.54) is 0 Å². The quantitative estimate of drug-likeness (QED) is 0.881. The number of hydrogen-bond acceptors (Lipinski definition) is 3. The van der Waals surface area contributed by atoms with Crippen LogP contribution in [0.1, 0.15) is 29.8 Å². The van der Waals surface area contributed by atoms with Crippen LogP contribution in [0.3, 0.4) is 0 Å². The molecule has 0 aliphatic rings. The first-order chi connectivity index (χ1) is 9.01. The van der Waals surface area contributed by atoms with Gasteiger partial charge in [-0.15, -0.1) is 0 Å². The van der Waals surface area contributed by atoms with Crippen LogP contribution in [0.5, 0.6) is 0 Å². The maximum absolute atomic E-state index is 11.9. The van der Waals surface area contributed by atoms with E-state index in [-0.39, 0.29) is 11.3 Å². The number of carbonyl (C=O) groups excluding carboxylic acids is 1. The molecule has 0 fully saturated rings. The Morgan fingerprint density at radius 3 is 2.74 bits per heavy atom. The average Bonchev–Trinajstić information content (AvgIpc) is 2.45. The standard InChI is InChI=1S/C15H19N3O/c1-15(2,9-16)12-6-4-5-10-11(14(19)17-3)7-8-18-13(10)12/h4-8H,9,16H2,1-3H3,(H,17,19). The zero-order chi connectivity index (χ0) is 14.0. The summed E-state index contributed by atoms with van der Waals surface area (Å²) in [5.41, 5.74) is 8.23. The second-order valence-electron chi connectivity index (χ2n) is 5.23. The number of hydrogen-bond donors (Lipinski definition) is 2. The third kappa shape index (κ3) is 2.31. The van der Waals surface area contributed by atoms with Crippen molar-refractivity contribution in [2.75, 3.05) is 13.6 Å². The summed E-state index contributed by atoms with van der Waals surface area (Å²) in [4.78, 5) is 16.3. The average molecular weight is 257 g/mol. The molecule has 1 amide bonds. The van der Waals surface area contributed by atoms with E-state index in [0.29, 0.717) is 12.1 Å². The molecular formula is C15H19N3O. The number of nitrogens with one attached hydrogen (secondary N) is 1. The molecule has 0 spiro atoms. The van der Waals surface area contributed by atoms with Crippen molar-refractivity contribution in [2.24, 2.45) is 5.73 Å². The summed E-state index contributed by atoms with van der Waals surface area (Å²) in [7, 11) is 1.63. The Hall–Kier alpha value is -1.94. The molecule has 0 bridgehead atoms. The Morgan fingerprint density at radius 2 is 2.11 bits per heavy atom. The van der Waals surface area contributed by atoms with Gasteiger partial charge in [0.1, 0.15) is 0 Å². The van der Waals surface area contributed by atoms with Crippen molar-refractivity contribution in [3.8, 4) is 0 Å². The Morgan fingerprint density at radius 1 is 1.37 bits per heavy atom. The minimum Gasteiger partial charge on any atom is -0.355 e. The number of nitrogens with two attached hydrogens (primary N) is 1. The Labute approximate surface area is 113 Å². The van der Waals surface area contributed by atoms with Crippen molar-refractivity contribution in [3.05, 3.63) is 41.6 Å². The fourth-order valence-electron chi connectivity index (χ4n) is 2.16. The van der Waals surface area contributed by atoms with Gasteiger partial charge in [0, 0.05) is 30.6 Å². The van der Waals surface area contributed by atoms with Crippen LogP contribution in [0.25, 0.3) is 10.9 Å².